The number of esters is 1. The lowest BCUT2D eigenvalue weighted by atomic mass is 10.3. The SMILES string of the molecule is COCCNc1cc(F)c(Br)nc1C(=O)OC. The number of nitrogens with zero attached hydrogens (tertiary/aromatic N) is 1. The van der Waals surface area contributed by atoms with E-state index in [1.54, 1.807) is 7.11 Å². The molecular formula is C10H12BrFN2O3. The van der Waals surface area contributed by atoms with Gasteiger partial charge in [0.05, 0.1) is 19.4 Å². The predicted octanol–water partition coefficient (Wildman–Crippen LogP) is 1.83. The van der Waals surface area contributed by atoms with Gasteiger partial charge in [0.1, 0.15) is 4.60 Å². The molecule has 0 saturated heterocycles. The minimum Gasteiger partial charge on any atom is -0.464 e. The summed E-state index contributed by atoms with van der Waals surface area (Å²) in [6, 6.07) is 1.18. The maximum Gasteiger partial charge on any atom is 0.358 e. The first-order valence-electron chi connectivity index (χ1n) is 4.77. The van der Waals surface area contributed by atoms with E-state index < -0.39 is 11.8 Å². The van der Waals surface area contributed by atoms with E-state index in [1.807, 2.05) is 0 Å². The molecule has 1 heterocycles. The molecule has 0 fully saturated rings. The Morgan fingerprint density at radius 1 is 1.59 bits per heavy atom. The van der Waals surface area contributed by atoms with E-state index in [9.17, 15) is 9.18 Å². The normalized spacial score (nSPS) is 10.1. The molecule has 0 radical (unpaired) electrons. The summed E-state index contributed by atoms with van der Waals surface area (Å²) in [5, 5.41) is 2.85. The molecule has 0 unspecified atom stereocenters. The Kier molecular flexibility index (Phi) is 5.30. The lowest BCUT2D eigenvalue weighted by Gasteiger charge is -2.10. The molecular weight excluding hydrogens is 295 g/mol. The summed E-state index contributed by atoms with van der Waals surface area (Å²) in [6.45, 7) is 0.863. The van der Waals surface area contributed by atoms with Gasteiger partial charge in [-0.1, -0.05) is 0 Å². The van der Waals surface area contributed by atoms with Gasteiger partial charge in [0, 0.05) is 19.7 Å². The van der Waals surface area contributed by atoms with E-state index >= 15 is 0 Å². The van der Waals surface area contributed by atoms with E-state index in [1.165, 1.54) is 13.2 Å². The van der Waals surface area contributed by atoms with Crippen LogP contribution in [0, 0.1) is 5.82 Å². The molecule has 0 aliphatic heterocycles. The van der Waals surface area contributed by atoms with Gasteiger partial charge in [0.2, 0.25) is 0 Å². The van der Waals surface area contributed by atoms with Gasteiger partial charge in [-0.3, -0.25) is 0 Å². The molecule has 1 rings (SSSR count). The first-order valence-corrected chi connectivity index (χ1v) is 5.56. The number of pyridine rings is 1. The fraction of sp³-hybridized carbons (Fsp3) is 0.400. The molecule has 0 aromatic carbocycles. The molecule has 94 valence electrons. The average molecular weight is 307 g/mol. The number of carbonyl (C=O) groups is 1. The number of ether oxygens (including phenoxy) is 2. The Morgan fingerprint density at radius 3 is 2.88 bits per heavy atom. The second-order valence-electron chi connectivity index (χ2n) is 3.07. The molecule has 0 amide bonds. The van der Waals surface area contributed by atoms with Crippen LogP contribution in [0.5, 0.6) is 0 Å². The third-order valence-corrected chi connectivity index (χ3v) is 2.49. The van der Waals surface area contributed by atoms with Crippen LogP contribution in [0.4, 0.5) is 10.1 Å². The highest BCUT2D eigenvalue weighted by Crippen LogP contribution is 2.21. The van der Waals surface area contributed by atoms with Gasteiger partial charge in [-0.25, -0.2) is 14.2 Å². The van der Waals surface area contributed by atoms with Crippen LogP contribution in [0.25, 0.3) is 0 Å². The third-order valence-electron chi connectivity index (χ3n) is 1.93. The maximum atomic E-state index is 13.3. The molecule has 17 heavy (non-hydrogen) atoms. The zero-order valence-corrected chi connectivity index (χ0v) is 11.0. The van der Waals surface area contributed by atoms with E-state index in [0.29, 0.717) is 13.2 Å². The van der Waals surface area contributed by atoms with Crippen LogP contribution in [0.3, 0.4) is 0 Å². The minimum atomic E-state index is -0.634. The summed E-state index contributed by atoms with van der Waals surface area (Å²) in [5.41, 5.74) is 0.298. The summed E-state index contributed by atoms with van der Waals surface area (Å²) in [4.78, 5) is 15.2. The number of methoxy groups -OCH3 is 2. The fourth-order valence-corrected chi connectivity index (χ4v) is 1.43. The van der Waals surface area contributed by atoms with Crippen LogP contribution in [0.1, 0.15) is 10.5 Å². The van der Waals surface area contributed by atoms with Crippen molar-refractivity contribution in [2.75, 3.05) is 32.7 Å². The van der Waals surface area contributed by atoms with Crippen LogP contribution in [0.2, 0.25) is 0 Å². The Bertz CT molecular complexity index is 415. The predicted molar refractivity (Wildman–Crippen MR) is 63.6 cm³/mol. The first-order chi connectivity index (χ1) is 8.10. The van der Waals surface area contributed by atoms with E-state index in [4.69, 9.17) is 4.74 Å². The van der Waals surface area contributed by atoms with Crippen LogP contribution in [0.15, 0.2) is 10.7 Å². The van der Waals surface area contributed by atoms with Crippen molar-refractivity contribution in [1.82, 2.24) is 4.98 Å². The van der Waals surface area contributed by atoms with E-state index in [-0.39, 0.29) is 16.0 Å². The average Bonchev–Trinajstić information content (AvgIpc) is 2.32. The largest absolute Gasteiger partial charge is 0.464 e. The van der Waals surface area contributed by atoms with Gasteiger partial charge in [-0.2, -0.15) is 0 Å². The van der Waals surface area contributed by atoms with Crippen molar-refractivity contribution < 1.29 is 18.7 Å². The monoisotopic (exact) mass is 306 g/mol. The van der Waals surface area contributed by atoms with Crippen molar-refractivity contribution in [2.45, 2.75) is 0 Å². The third kappa shape index (κ3) is 3.64. The Labute approximate surface area is 106 Å². The second-order valence-corrected chi connectivity index (χ2v) is 3.82. The summed E-state index contributed by atoms with van der Waals surface area (Å²) in [6.07, 6.45) is 0. The molecule has 0 saturated carbocycles. The zero-order valence-electron chi connectivity index (χ0n) is 9.42. The van der Waals surface area contributed by atoms with Crippen LogP contribution >= 0.6 is 15.9 Å². The molecule has 5 nitrogen and oxygen atoms in total. The summed E-state index contributed by atoms with van der Waals surface area (Å²) >= 11 is 2.91. The molecule has 1 aromatic heterocycles. The molecule has 0 bridgehead atoms. The van der Waals surface area contributed by atoms with Gasteiger partial charge >= 0.3 is 5.97 Å². The number of rotatable bonds is 5. The Balaban J connectivity index is 2.99. The second kappa shape index (κ2) is 6.51. The first kappa shape index (κ1) is 13.9. The van der Waals surface area contributed by atoms with Gasteiger partial charge in [-0.05, 0) is 15.9 Å². The smallest absolute Gasteiger partial charge is 0.358 e. The summed E-state index contributed by atoms with van der Waals surface area (Å²) < 4.78 is 22.7. The van der Waals surface area contributed by atoms with E-state index in [2.05, 4.69) is 31.0 Å². The lowest BCUT2D eigenvalue weighted by Crippen LogP contribution is -2.14. The Hall–Kier alpha value is -1.21. The molecule has 0 aliphatic carbocycles. The standard InChI is InChI=1S/C10H12BrFN2O3/c1-16-4-3-13-7-5-6(12)9(11)14-8(7)10(15)17-2/h5,13H,3-4H2,1-2H3. The van der Waals surface area contributed by atoms with Gasteiger partial charge in [0.15, 0.2) is 11.5 Å². The number of halogens is 2. The van der Waals surface area contributed by atoms with E-state index in [0.717, 1.165) is 0 Å². The lowest BCUT2D eigenvalue weighted by molar-refractivity contribution is 0.0595. The highest BCUT2D eigenvalue weighted by atomic mass is 79.9. The summed E-state index contributed by atoms with van der Waals surface area (Å²) in [7, 11) is 2.78. The topological polar surface area (TPSA) is 60.5 Å². The minimum absolute atomic E-state index is 0.0249. The number of anilines is 1. The molecule has 7 heteroatoms. The van der Waals surface area contributed by atoms with Crippen LogP contribution < -0.4 is 5.32 Å². The highest BCUT2D eigenvalue weighted by molar-refractivity contribution is 9.10. The van der Waals surface area contributed by atoms with Crippen molar-refractivity contribution in [3.8, 4) is 0 Å². The molecule has 1 N–H and O–H groups in total. The number of hydrogen-bond acceptors (Lipinski definition) is 5. The number of aromatic nitrogens is 1. The maximum absolute atomic E-state index is 13.3. The van der Waals surface area contributed by atoms with Crippen LogP contribution in [-0.2, 0) is 9.47 Å². The van der Waals surface area contributed by atoms with Gasteiger partial charge in [-0.15, -0.1) is 0 Å². The summed E-state index contributed by atoms with van der Waals surface area (Å²) in [5.74, 6) is -1.19. The fourth-order valence-electron chi connectivity index (χ4n) is 1.14. The van der Waals surface area contributed by atoms with Crippen molar-refractivity contribution in [2.24, 2.45) is 0 Å². The van der Waals surface area contributed by atoms with Crippen molar-refractivity contribution in [1.29, 1.82) is 0 Å². The van der Waals surface area contributed by atoms with Gasteiger partial charge < -0.3 is 14.8 Å². The Morgan fingerprint density at radius 2 is 2.29 bits per heavy atom. The molecule has 0 aliphatic rings. The van der Waals surface area contributed by atoms with Crippen LogP contribution in [-0.4, -0.2) is 38.3 Å². The zero-order chi connectivity index (χ0) is 12.8. The molecule has 0 atom stereocenters. The quantitative estimate of drug-likeness (QED) is 0.511. The number of nitrogens with one attached hydrogen (secondary N) is 1. The van der Waals surface area contributed by atoms with Crippen molar-refractivity contribution in [3.05, 3.63) is 22.2 Å². The van der Waals surface area contributed by atoms with Crippen molar-refractivity contribution >= 4 is 27.6 Å². The highest BCUT2D eigenvalue weighted by Gasteiger charge is 2.17. The van der Waals surface area contributed by atoms with Gasteiger partial charge in [0.25, 0.3) is 0 Å². The molecule has 0 spiro atoms. The number of carbonyl (C=O) groups excluding carboxylic acids is 1. The molecule has 1 aromatic rings. The number of hydrogen-bond donors (Lipinski definition) is 1. The van der Waals surface area contributed by atoms with Crippen molar-refractivity contribution in [3.63, 3.8) is 0 Å².